The van der Waals surface area contributed by atoms with E-state index in [4.69, 9.17) is 4.18 Å². The van der Waals surface area contributed by atoms with Crippen LogP contribution in [-0.2, 0) is 4.18 Å². The largest absolute Gasteiger partial charge is 0.302 e. The van der Waals surface area contributed by atoms with E-state index in [1.807, 2.05) is 0 Å². The lowest BCUT2D eigenvalue weighted by atomic mass is 9.99. The molecule has 1 aliphatic rings. The van der Waals surface area contributed by atoms with Crippen LogP contribution in [0.1, 0.15) is 26.2 Å². The number of halogens is 1. The van der Waals surface area contributed by atoms with E-state index < -0.39 is 0 Å². The molecule has 0 saturated heterocycles. The van der Waals surface area contributed by atoms with Crippen molar-refractivity contribution in [3.05, 3.63) is 11.6 Å². The second kappa shape index (κ2) is 4.62. The number of hydrogen-bond donors (Lipinski definition) is 0. The summed E-state index contributed by atoms with van der Waals surface area (Å²) in [6.07, 6.45) is 6.24. The lowest BCUT2D eigenvalue weighted by Gasteiger charge is -2.18. The molecular formula is C7H11IOS. The van der Waals surface area contributed by atoms with Crippen LogP contribution in [0.2, 0.25) is 0 Å². The van der Waals surface area contributed by atoms with Crippen LogP contribution < -0.4 is 0 Å². The Bertz CT molecular complexity index is 136. The molecule has 0 aliphatic heterocycles. The van der Waals surface area contributed by atoms with Crippen molar-refractivity contribution in [3.8, 4) is 0 Å². The maximum absolute atomic E-state index is 5.39. The molecule has 0 amide bonds. The summed E-state index contributed by atoms with van der Waals surface area (Å²) in [6.45, 7) is 2.19. The molecule has 10 heavy (non-hydrogen) atoms. The first kappa shape index (κ1) is 8.87. The lowest BCUT2D eigenvalue weighted by molar-refractivity contribution is 0.230. The average molecular weight is 270 g/mol. The molecule has 58 valence electrons. The van der Waals surface area contributed by atoms with Gasteiger partial charge in [-0.25, -0.2) is 0 Å². The molecule has 0 aromatic heterocycles. The van der Waals surface area contributed by atoms with E-state index in [0.717, 1.165) is 6.42 Å². The Balaban J connectivity index is 2.27. The standard InChI is InChI=1S/C7H11IOS/c1-6-2-4-7(5-3-6)9-10-8/h2,7H,3-5H2,1H3/t7-/m1/s1. The molecule has 0 spiro atoms. The highest BCUT2D eigenvalue weighted by Crippen LogP contribution is 2.25. The predicted octanol–water partition coefficient (Wildman–Crippen LogP) is 3.50. The second-order valence-corrected chi connectivity index (χ2v) is 4.00. The van der Waals surface area contributed by atoms with Crippen LogP contribution in [-0.4, -0.2) is 6.10 Å². The fourth-order valence-electron chi connectivity index (χ4n) is 1.08. The Hall–Kier alpha value is 0.780. The minimum Gasteiger partial charge on any atom is -0.302 e. The third kappa shape index (κ3) is 2.80. The molecule has 1 rings (SSSR count). The molecular weight excluding hydrogens is 259 g/mol. The molecule has 0 radical (unpaired) electrons. The van der Waals surface area contributed by atoms with Crippen LogP contribution in [0.3, 0.4) is 0 Å². The molecule has 0 bridgehead atoms. The normalized spacial score (nSPS) is 26.2. The van der Waals surface area contributed by atoms with Crippen molar-refractivity contribution in [1.82, 2.24) is 0 Å². The monoisotopic (exact) mass is 270 g/mol. The summed E-state index contributed by atoms with van der Waals surface area (Å²) in [6, 6.07) is 0. The van der Waals surface area contributed by atoms with Gasteiger partial charge in [-0.3, -0.25) is 0 Å². The summed E-state index contributed by atoms with van der Waals surface area (Å²) in [7, 11) is 1.45. The van der Waals surface area contributed by atoms with Crippen molar-refractivity contribution in [2.75, 3.05) is 0 Å². The molecule has 0 saturated carbocycles. The highest BCUT2D eigenvalue weighted by atomic mass is 127. The third-order valence-corrected chi connectivity index (χ3v) is 2.73. The summed E-state index contributed by atoms with van der Waals surface area (Å²) in [4.78, 5) is 0. The van der Waals surface area contributed by atoms with Crippen LogP contribution in [0, 0.1) is 0 Å². The molecule has 0 N–H and O–H groups in total. The van der Waals surface area contributed by atoms with Crippen LogP contribution in [0.25, 0.3) is 0 Å². The second-order valence-electron chi connectivity index (χ2n) is 2.61. The highest BCUT2D eigenvalue weighted by Gasteiger charge is 2.12. The van der Waals surface area contributed by atoms with Gasteiger partial charge in [0.15, 0.2) is 0 Å². The van der Waals surface area contributed by atoms with Gasteiger partial charge in [-0.15, -0.1) is 0 Å². The van der Waals surface area contributed by atoms with Crippen molar-refractivity contribution in [2.24, 2.45) is 0 Å². The minimum absolute atomic E-state index is 0.464. The Kier molecular flexibility index (Phi) is 4.10. The number of allylic oxidation sites excluding steroid dienone is 1. The van der Waals surface area contributed by atoms with Crippen LogP contribution in [0.5, 0.6) is 0 Å². The molecule has 0 aromatic carbocycles. The van der Waals surface area contributed by atoms with E-state index in [1.165, 1.54) is 27.6 Å². The van der Waals surface area contributed by atoms with E-state index in [9.17, 15) is 0 Å². The van der Waals surface area contributed by atoms with Crippen LogP contribution in [0.15, 0.2) is 11.6 Å². The number of hydrogen-bond acceptors (Lipinski definition) is 2. The average Bonchev–Trinajstić information content (AvgIpc) is 1.95. The fraction of sp³-hybridized carbons (Fsp3) is 0.714. The summed E-state index contributed by atoms with van der Waals surface area (Å²) in [5.74, 6) is 0. The predicted molar refractivity (Wildman–Crippen MR) is 54.1 cm³/mol. The number of rotatable bonds is 2. The first-order valence-electron chi connectivity index (χ1n) is 3.42. The maximum Gasteiger partial charge on any atom is 0.0769 e. The van der Waals surface area contributed by atoms with Crippen molar-refractivity contribution in [1.29, 1.82) is 0 Å². The summed E-state index contributed by atoms with van der Waals surface area (Å²) in [5.41, 5.74) is 1.51. The Morgan fingerprint density at radius 1 is 1.80 bits per heavy atom. The summed E-state index contributed by atoms with van der Waals surface area (Å²) in [5, 5.41) is 0. The van der Waals surface area contributed by atoms with Crippen LogP contribution in [0.4, 0.5) is 0 Å². The first-order chi connectivity index (χ1) is 4.83. The fourth-order valence-corrected chi connectivity index (χ4v) is 2.24. The van der Waals surface area contributed by atoms with Gasteiger partial charge in [0, 0.05) is 21.2 Å². The Morgan fingerprint density at radius 3 is 3.10 bits per heavy atom. The molecule has 0 fully saturated rings. The van der Waals surface area contributed by atoms with Gasteiger partial charge in [0.1, 0.15) is 0 Å². The molecule has 0 unspecified atom stereocenters. The zero-order chi connectivity index (χ0) is 7.40. The molecule has 1 nitrogen and oxygen atoms in total. The van der Waals surface area contributed by atoms with E-state index >= 15 is 0 Å². The van der Waals surface area contributed by atoms with Gasteiger partial charge < -0.3 is 4.18 Å². The molecule has 3 heteroatoms. The molecule has 0 heterocycles. The van der Waals surface area contributed by atoms with Crippen LogP contribution >= 0.6 is 30.4 Å². The quantitative estimate of drug-likeness (QED) is 0.431. The van der Waals surface area contributed by atoms with Gasteiger partial charge in [0.25, 0.3) is 0 Å². The Labute approximate surface area is 78.4 Å². The van der Waals surface area contributed by atoms with Crippen molar-refractivity contribution >= 4 is 30.4 Å². The van der Waals surface area contributed by atoms with Gasteiger partial charge in [0.2, 0.25) is 0 Å². The van der Waals surface area contributed by atoms with Gasteiger partial charge in [-0.05, 0) is 26.2 Å². The topological polar surface area (TPSA) is 9.23 Å². The SMILES string of the molecule is CC1=CC[C@@H](OSI)CC1. The molecule has 1 aliphatic carbocycles. The minimum atomic E-state index is 0.464. The smallest absolute Gasteiger partial charge is 0.0769 e. The van der Waals surface area contributed by atoms with Crippen molar-refractivity contribution in [2.45, 2.75) is 32.3 Å². The van der Waals surface area contributed by atoms with Gasteiger partial charge >= 0.3 is 0 Å². The first-order valence-corrected chi connectivity index (χ1v) is 6.71. The van der Waals surface area contributed by atoms with Gasteiger partial charge in [0.05, 0.1) is 15.3 Å². The van der Waals surface area contributed by atoms with Gasteiger partial charge in [-0.2, -0.15) is 0 Å². The highest BCUT2D eigenvalue weighted by molar-refractivity contribution is 14.2. The summed E-state index contributed by atoms with van der Waals surface area (Å²) >= 11 is 2.17. The van der Waals surface area contributed by atoms with E-state index in [0.29, 0.717) is 6.10 Å². The van der Waals surface area contributed by atoms with Crippen molar-refractivity contribution in [3.63, 3.8) is 0 Å². The zero-order valence-corrected chi connectivity index (χ0v) is 8.94. The van der Waals surface area contributed by atoms with E-state index in [2.05, 4.69) is 34.2 Å². The maximum atomic E-state index is 5.39. The zero-order valence-electron chi connectivity index (χ0n) is 5.97. The Morgan fingerprint density at radius 2 is 2.60 bits per heavy atom. The summed E-state index contributed by atoms with van der Waals surface area (Å²) < 4.78 is 5.39. The van der Waals surface area contributed by atoms with Gasteiger partial charge in [-0.1, -0.05) is 11.6 Å². The molecule has 0 aromatic rings. The van der Waals surface area contributed by atoms with E-state index in [1.54, 1.807) is 0 Å². The lowest BCUT2D eigenvalue weighted by Crippen LogP contribution is -2.10. The van der Waals surface area contributed by atoms with E-state index in [-0.39, 0.29) is 0 Å². The van der Waals surface area contributed by atoms with Crippen molar-refractivity contribution < 1.29 is 4.18 Å². The third-order valence-electron chi connectivity index (χ3n) is 1.76. The molecule has 1 atom stereocenters.